The summed E-state index contributed by atoms with van der Waals surface area (Å²) < 4.78 is 74.4. The quantitative estimate of drug-likeness (QED) is 0.162. The van der Waals surface area contributed by atoms with Gasteiger partial charge in [-0.25, -0.2) is 4.39 Å². The molecule has 0 radical (unpaired) electrons. The maximum absolute atomic E-state index is 15.4. The Balaban J connectivity index is 1.33. The van der Waals surface area contributed by atoms with E-state index in [4.69, 9.17) is 4.74 Å². The first-order valence-corrected chi connectivity index (χ1v) is 19.3. The summed E-state index contributed by atoms with van der Waals surface area (Å²) in [7, 11) is 0.556. The Morgan fingerprint density at radius 3 is 2.59 bits per heavy atom. The summed E-state index contributed by atoms with van der Waals surface area (Å²) in [4.78, 5) is 2.53. The first kappa shape index (κ1) is 33.0. The molecule has 238 valence electrons. The molecule has 0 aliphatic carbocycles. The zero-order valence-corrected chi connectivity index (χ0v) is 27.6. The van der Waals surface area contributed by atoms with E-state index < -0.39 is 35.6 Å². The Bertz CT molecular complexity index is 1540. The van der Waals surface area contributed by atoms with Crippen LogP contribution in [0.5, 0.6) is 5.75 Å². The van der Waals surface area contributed by atoms with E-state index in [1.165, 1.54) is 16.6 Å². The number of piperidine rings is 1. The molecule has 2 aromatic carbocycles. The number of halogens is 4. The van der Waals surface area contributed by atoms with Crippen molar-refractivity contribution in [1.29, 1.82) is 0 Å². The zero-order chi connectivity index (χ0) is 31.4. The third-order valence-corrected chi connectivity index (χ3v) is 12.1. The SMILES string of the molecule is COc1cc(P(C)C)ccc1NCC#Cc1sc2c(NC3CCN(C4CCS(=O)CC4)CC3F)cccc2c1CC(F)(F)F. The number of likely N-dealkylation sites (tertiary alicyclic amines) is 1. The Kier molecular flexibility index (Phi) is 10.8. The molecule has 0 saturated carbocycles. The molecule has 2 fully saturated rings. The van der Waals surface area contributed by atoms with E-state index >= 15 is 4.39 Å². The van der Waals surface area contributed by atoms with Crippen molar-refractivity contribution in [1.82, 2.24) is 4.90 Å². The third kappa shape index (κ3) is 8.06. The molecule has 0 amide bonds. The molecule has 2 saturated heterocycles. The van der Waals surface area contributed by atoms with Crippen molar-refractivity contribution >= 4 is 56.8 Å². The molecule has 0 spiro atoms. The summed E-state index contributed by atoms with van der Waals surface area (Å²) in [6.45, 7) is 5.58. The number of methoxy groups -OCH3 is 1. The summed E-state index contributed by atoms with van der Waals surface area (Å²) in [6, 6.07) is 11.0. The summed E-state index contributed by atoms with van der Waals surface area (Å²) in [5.41, 5.74) is 1.55. The largest absolute Gasteiger partial charge is 0.495 e. The van der Waals surface area contributed by atoms with Crippen LogP contribution in [-0.2, 0) is 17.2 Å². The van der Waals surface area contributed by atoms with Gasteiger partial charge in [0.1, 0.15) is 11.9 Å². The highest BCUT2D eigenvalue weighted by Crippen LogP contribution is 2.40. The van der Waals surface area contributed by atoms with E-state index in [9.17, 15) is 17.4 Å². The molecule has 2 aliphatic heterocycles. The van der Waals surface area contributed by atoms with Gasteiger partial charge >= 0.3 is 6.18 Å². The molecule has 5 nitrogen and oxygen atoms in total. The predicted octanol–water partition coefficient (Wildman–Crippen LogP) is 6.58. The van der Waals surface area contributed by atoms with Gasteiger partial charge in [0, 0.05) is 41.4 Å². The molecule has 3 aromatic rings. The highest BCUT2D eigenvalue weighted by molar-refractivity contribution is 7.85. The number of rotatable bonds is 8. The van der Waals surface area contributed by atoms with Crippen LogP contribution in [0.1, 0.15) is 29.7 Å². The average Bonchev–Trinajstić information content (AvgIpc) is 3.33. The van der Waals surface area contributed by atoms with Gasteiger partial charge in [-0.05, 0) is 67.0 Å². The van der Waals surface area contributed by atoms with Crippen LogP contribution in [0.25, 0.3) is 10.1 Å². The first-order valence-electron chi connectivity index (χ1n) is 14.7. The lowest BCUT2D eigenvalue weighted by molar-refractivity contribution is -0.126. The Morgan fingerprint density at radius 2 is 1.91 bits per heavy atom. The highest BCUT2D eigenvalue weighted by Gasteiger charge is 2.35. The zero-order valence-electron chi connectivity index (χ0n) is 25.1. The average molecular weight is 668 g/mol. The molecule has 2 aliphatic rings. The number of hydrogen-bond donors (Lipinski definition) is 2. The van der Waals surface area contributed by atoms with Crippen molar-refractivity contribution in [2.75, 3.05) is 62.2 Å². The number of benzene rings is 2. The monoisotopic (exact) mass is 667 g/mol. The Morgan fingerprint density at radius 1 is 1.14 bits per heavy atom. The number of nitrogens with zero attached hydrogens (tertiary/aromatic N) is 1. The fourth-order valence-electron chi connectivity index (χ4n) is 5.90. The van der Waals surface area contributed by atoms with Gasteiger partial charge < -0.3 is 15.4 Å². The number of anilines is 2. The second-order valence-corrected chi connectivity index (χ2v) is 16.5. The van der Waals surface area contributed by atoms with Crippen molar-refractivity contribution in [3.8, 4) is 17.6 Å². The highest BCUT2D eigenvalue weighted by atomic mass is 32.2. The molecule has 12 heteroatoms. The summed E-state index contributed by atoms with van der Waals surface area (Å²) in [5, 5.41) is 8.24. The lowest BCUT2D eigenvalue weighted by Gasteiger charge is -2.41. The van der Waals surface area contributed by atoms with Crippen LogP contribution >= 0.6 is 19.3 Å². The van der Waals surface area contributed by atoms with Gasteiger partial charge in [-0.2, -0.15) is 13.2 Å². The maximum atomic E-state index is 15.4. The number of hydrogen-bond acceptors (Lipinski definition) is 6. The number of alkyl halides is 4. The van der Waals surface area contributed by atoms with Gasteiger partial charge in [0.25, 0.3) is 0 Å². The first-order chi connectivity index (χ1) is 21.0. The Labute approximate surface area is 264 Å². The van der Waals surface area contributed by atoms with Crippen LogP contribution in [0.15, 0.2) is 36.4 Å². The normalized spacial score (nSPS) is 22.9. The standard InChI is InChI=1S/C32H38F4N3O2PS2/c1-41-29-18-22(42(2)3)9-10-27(29)37-14-5-8-30-24(19-32(34,35)36)23-6-4-7-28(31(23)43-30)38-26-11-15-39(20-25(26)33)21-12-16-44(40)17-13-21/h4,6-7,9-10,18,21,25-26,37-38H,11-17,19-20H2,1-3H3. The van der Waals surface area contributed by atoms with Crippen LogP contribution in [0, 0.1) is 11.8 Å². The van der Waals surface area contributed by atoms with E-state index in [0.717, 1.165) is 25.1 Å². The van der Waals surface area contributed by atoms with E-state index in [-0.39, 0.29) is 26.1 Å². The molecule has 0 bridgehead atoms. The van der Waals surface area contributed by atoms with E-state index in [1.807, 2.05) is 18.2 Å². The minimum absolute atomic E-state index is 0.149. The minimum Gasteiger partial charge on any atom is -0.495 e. The predicted molar refractivity (Wildman–Crippen MR) is 178 cm³/mol. The van der Waals surface area contributed by atoms with E-state index in [0.29, 0.717) is 50.9 Å². The molecule has 3 heterocycles. The molecule has 2 N–H and O–H groups in total. The van der Waals surface area contributed by atoms with Gasteiger partial charge in [0.15, 0.2) is 0 Å². The lowest BCUT2D eigenvalue weighted by atomic mass is 9.98. The van der Waals surface area contributed by atoms with Crippen molar-refractivity contribution in [2.24, 2.45) is 0 Å². The third-order valence-electron chi connectivity index (χ3n) is 8.25. The minimum atomic E-state index is -4.40. The van der Waals surface area contributed by atoms with Crippen LogP contribution < -0.4 is 20.7 Å². The number of nitrogens with one attached hydrogen (secondary N) is 2. The van der Waals surface area contributed by atoms with Crippen molar-refractivity contribution in [2.45, 2.75) is 50.1 Å². The molecule has 5 rings (SSSR count). The van der Waals surface area contributed by atoms with Crippen LogP contribution in [0.4, 0.5) is 28.9 Å². The van der Waals surface area contributed by atoms with Crippen molar-refractivity contribution < 1.29 is 26.5 Å². The Hall–Kier alpha value is -2.38. The summed E-state index contributed by atoms with van der Waals surface area (Å²) in [6.07, 6.45) is -4.38. The number of thiophene rings is 1. The molecule has 1 aromatic heterocycles. The molecular formula is C32H38F4N3O2PS2. The fraction of sp³-hybridized carbons (Fsp3) is 0.500. The number of ether oxygens (including phenoxy) is 1. The van der Waals surface area contributed by atoms with Gasteiger partial charge in [0.2, 0.25) is 0 Å². The van der Waals surface area contributed by atoms with E-state index in [1.54, 1.807) is 25.3 Å². The second kappa shape index (κ2) is 14.4. The summed E-state index contributed by atoms with van der Waals surface area (Å²) in [5.74, 6) is 8.02. The van der Waals surface area contributed by atoms with Crippen LogP contribution in [-0.4, -0.2) is 85.1 Å². The molecular weight excluding hydrogens is 629 g/mol. The molecule has 44 heavy (non-hydrogen) atoms. The fourth-order valence-corrected chi connectivity index (χ4v) is 9.09. The van der Waals surface area contributed by atoms with Gasteiger partial charge in [-0.15, -0.1) is 11.3 Å². The lowest BCUT2D eigenvalue weighted by Crippen LogP contribution is -2.52. The van der Waals surface area contributed by atoms with Gasteiger partial charge in [-0.3, -0.25) is 9.11 Å². The second-order valence-electron chi connectivity index (χ2n) is 11.4. The van der Waals surface area contributed by atoms with Crippen molar-refractivity contribution in [3.05, 3.63) is 46.8 Å². The van der Waals surface area contributed by atoms with Crippen LogP contribution in [0.2, 0.25) is 0 Å². The summed E-state index contributed by atoms with van der Waals surface area (Å²) >= 11 is 1.22. The van der Waals surface area contributed by atoms with Gasteiger partial charge in [0.05, 0.1) is 47.1 Å². The van der Waals surface area contributed by atoms with Crippen molar-refractivity contribution in [3.63, 3.8) is 0 Å². The number of fused-ring (bicyclic) bond motifs is 1. The molecule has 2 unspecified atom stereocenters. The molecule has 2 atom stereocenters. The van der Waals surface area contributed by atoms with Gasteiger partial charge in [-0.1, -0.05) is 38.0 Å². The maximum Gasteiger partial charge on any atom is 0.393 e. The smallest absolute Gasteiger partial charge is 0.393 e. The van der Waals surface area contributed by atoms with E-state index in [2.05, 4.69) is 40.7 Å². The van der Waals surface area contributed by atoms with Crippen LogP contribution in [0.3, 0.4) is 0 Å². The topological polar surface area (TPSA) is 53.6 Å².